The van der Waals surface area contributed by atoms with Crippen LogP contribution in [-0.4, -0.2) is 26.3 Å². The quantitative estimate of drug-likeness (QED) is 0.886. The Kier molecular flexibility index (Phi) is 5.09. The lowest BCUT2D eigenvalue weighted by Crippen LogP contribution is -2.34. The molecule has 6 heteroatoms. The fourth-order valence-corrected chi connectivity index (χ4v) is 1.62. The van der Waals surface area contributed by atoms with Gasteiger partial charge in [-0.25, -0.2) is 4.79 Å². The summed E-state index contributed by atoms with van der Waals surface area (Å²) < 4.78 is 10.2. The van der Waals surface area contributed by atoms with Crippen molar-refractivity contribution in [3.8, 4) is 11.5 Å². The molecule has 0 saturated carbocycles. The number of amides is 2. The Hall–Kier alpha value is -1.62. The van der Waals surface area contributed by atoms with Crippen LogP contribution in [0, 0.1) is 0 Å². The van der Waals surface area contributed by atoms with Crippen LogP contribution in [0.25, 0.3) is 0 Å². The molecule has 0 aromatic heterocycles. The third-order valence-electron chi connectivity index (χ3n) is 2.14. The van der Waals surface area contributed by atoms with E-state index in [0.717, 1.165) is 0 Å². The molecule has 0 fully saturated rings. The number of hydrogen-bond donors (Lipinski definition) is 2. The monoisotopic (exact) mass is 272 g/mol. The van der Waals surface area contributed by atoms with E-state index in [1.54, 1.807) is 12.1 Å². The third kappa shape index (κ3) is 3.70. The van der Waals surface area contributed by atoms with Gasteiger partial charge in [0.25, 0.3) is 0 Å². The normalized spacial score (nSPS) is 10.1. The van der Waals surface area contributed by atoms with Crippen LogP contribution in [0.2, 0.25) is 5.02 Å². The lowest BCUT2D eigenvalue weighted by atomic mass is 10.2. The standard InChI is InChI=1S/C12H17ClN2O3/c1-7(2)14-12(16)15-9-5-8(13)10(17-3)6-11(9)18-4/h5-7H,1-4H3,(H2,14,15,16). The van der Waals surface area contributed by atoms with Crippen LogP contribution >= 0.6 is 11.6 Å². The Morgan fingerprint density at radius 3 is 2.33 bits per heavy atom. The van der Waals surface area contributed by atoms with Gasteiger partial charge in [-0.05, 0) is 19.9 Å². The Bertz CT molecular complexity index is 436. The first kappa shape index (κ1) is 14.4. The number of nitrogens with one attached hydrogen (secondary N) is 2. The zero-order valence-electron chi connectivity index (χ0n) is 10.8. The van der Waals surface area contributed by atoms with Crippen molar-refractivity contribution in [3.05, 3.63) is 17.2 Å². The van der Waals surface area contributed by atoms with Gasteiger partial charge in [0.1, 0.15) is 11.5 Å². The largest absolute Gasteiger partial charge is 0.495 e. The van der Waals surface area contributed by atoms with E-state index in [9.17, 15) is 4.79 Å². The van der Waals surface area contributed by atoms with Crippen molar-refractivity contribution in [3.63, 3.8) is 0 Å². The maximum absolute atomic E-state index is 11.6. The molecule has 0 aliphatic carbocycles. The summed E-state index contributed by atoms with van der Waals surface area (Å²) in [6.45, 7) is 3.75. The van der Waals surface area contributed by atoms with Gasteiger partial charge in [0.2, 0.25) is 0 Å². The molecule has 1 aromatic carbocycles. The zero-order valence-corrected chi connectivity index (χ0v) is 11.6. The highest BCUT2D eigenvalue weighted by Gasteiger charge is 2.12. The third-order valence-corrected chi connectivity index (χ3v) is 2.44. The van der Waals surface area contributed by atoms with Crippen molar-refractivity contribution >= 4 is 23.3 Å². The number of urea groups is 1. The van der Waals surface area contributed by atoms with Crippen molar-refractivity contribution in [2.24, 2.45) is 0 Å². The fourth-order valence-electron chi connectivity index (χ4n) is 1.38. The minimum absolute atomic E-state index is 0.0460. The number of carbonyl (C=O) groups excluding carboxylic acids is 1. The van der Waals surface area contributed by atoms with E-state index in [2.05, 4.69) is 10.6 Å². The van der Waals surface area contributed by atoms with E-state index < -0.39 is 0 Å². The number of anilines is 1. The SMILES string of the molecule is COc1cc(OC)c(NC(=O)NC(C)C)cc1Cl. The summed E-state index contributed by atoms with van der Waals surface area (Å²) >= 11 is 6.00. The van der Waals surface area contributed by atoms with E-state index in [4.69, 9.17) is 21.1 Å². The number of halogens is 1. The van der Waals surface area contributed by atoms with E-state index in [1.807, 2.05) is 13.8 Å². The molecular weight excluding hydrogens is 256 g/mol. The van der Waals surface area contributed by atoms with Gasteiger partial charge in [0, 0.05) is 12.1 Å². The average molecular weight is 273 g/mol. The van der Waals surface area contributed by atoms with E-state index >= 15 is 0 Å². The molecule has 0 bridgehead atoms. The van der Waals surface area contributed by atoms with Crippen molar-refractivity contribution < 1.29 is 14.3 Å². The molecule has 0 radical (unpaired) electrons. The van der Waals surface area contributed by atoms with Gasteiger partial charge in [0.05, 0.1) is 24.9 Å². The Morgan fingerprint density at radius 2 is 1.83 bits per heavy atom. The average Bonchev–Trinajstić information content (AvgIpc) is 2.28. The maximum atomic E-state index is 11.6. The van der Waals surface area contributed by atoms with Crippen LogP contribution in [0.4, 0.5) is 10.5 Å². The van der Waals surface area contributed by atoms with Gasteiger partial charge in [0.15, 0.2) is 0 Å². The number of methoxy groups -OCH3 is 2. The molecule has 100 valence electrons. The topological polar surface area (TPSA) is 59.6 Å². The number of rotatable bonds is 4. The first-order valence-electron chi connectivity index (χ1n) is 5.47. The molecule has 0 unspecified atom stereocenters. The van der Waals surface area contributed by atoms with Crippen molar-refractivity contribution in [1.82, 2.24) is 5.32 Å². The van der Waals surface area contributed by atoms with Crippen LogP contribution in [0.15, 0.2) is 12.1 Å². The maximum Gasteiger partial charge on any atom is 0.319 e. The second-order valence-electron chi connectivity index (χ2n) is 3.94. The predicted molar refractivity (Wildman–Crippen MR) is 71.8 cm³/mol. The molecule has 0 atom stereocenters. The second kappa shape index (κ2) is 6.35. The molecule has 1 aromatic rings. The number of carbonyl (C=O) groups is 1. The lowest BCUT2D eigenvalue weighted by molar-refractivity contribution is 0.250. The van der Waals surface area contributed by atoms with Crippen LogP contribution in [0.1, 0.15) is 13.8 Å². The summed E-state index contributed by atoms with van der Waals surface area (Å²) in [4.78, 5) is 11.6. The summed E-state index contributed by atoms with van der Waals surface area (Å²) in [6.07, 6.45) is 0. The summed E-state index contributed by atoms with van der Waals surface area (Å²) in [6, 6.07) is 2.93. The molecule has 0 spiro atoms. The highest BCUT2D eigenvalue weighted by Crippen LogP contribution is 2.35. The number of benzene rings is 1. The lowest BCUT2D eigenvalue weighted by Gasteiger charge is -2.14. The van der Waals surface area contributed by atoms with Crippen molar-refractivity contribution in [1.29, 1.82) is 0 Å². The highest BCUT2D eigenvalue weighted by molar-refractivity contribution is 6.32. The molecule has 0 aliphatic heterocycles. The van der Waals surface area contributed by atoms with Gasteiger partial charge in [-0.1, -0.05) is 11.6 Å². The first-order valence-corrected chi connectivity index (χ1v) is 5.84. The van der Waals surface area contributed by atoms with Gasteiger partial charge in [-0.15, -0.1) is 0 Å². The second-order valence-corrected chi connectivity index (χ2v) is 4.35. The Morgan fingerprint density at radius 1 is 1.22 bits per heavy atom. The van der Waals surface area contributed by atoms with Crippen molar-refractivity contribution in [2.45, 2.75) is 19.9 Å². The Balaban J connectivity index is 2.94. The van der Waals surface area contributed by atoms with Crippen LogP contribution < -0.4 is 20.1 Å². The summed E-state index contributed by atoms with van der Waals surface area (Å²) in [7, 11) is 3.02. The first-order chi connectivity index (χ1) is 8.47. The Labute approximate surface area is 111 Å². The summed E-state index contributed by atoms with van der Waals surface area (Å²) in [5.41, 5.74) is 0.487. The fraction of sp³-hybridized carbons (Fsp3) is 0.417. The predicted octanol–water partition coefficient (Wildman–Crippen LogP) is 2.89. The zero-order chi connectivity index (χ0) is 13.7. The van der Waals surface area contributed by atoms with Gasteiger partial charge >= 0.3 is 6.03 Å². The molecule has 5 nitrogen and oxygen atoms in total. The minimum Gasteiger partial charge on any atom is -0.495 e. The van der Waals surface area contributed by atoms with Gasteiger partial charge < -0.3 is 20.1 Å². The van der Waals surface area contributed by atoms with Gasteiger partial charge in [-0.3, -0.25) is 0 Å². The number of ether oxygens (including phenoxy) is 2. The van der Waals surface area contributed by atoms with E-state index in [1.165, 1.54) is 14.2 Å². The van der Waals surface area contributed by atoms with Crippen molar-refractivity contribution in [2.75, 3.05) is 19.5 Å². The van der Waals surface area contributed by atoms with Crippen LogP contribution in [-0.2, 0) is 0 Å². The van der Waals surface area contributed by atoms with E-state index in [-0.39, 0.29) is 12.1 Å². The van der Waals surface area contributed by atoms with Gasteiger partial charge in [-0.2, -0.15) is 0 Å². The molecule has 0 heterocycles. The highest BCUT2D eigenvalue weighted by atomic mass is 35.5. The molecule has 0 aliphatic rings. The molecule has 1 rings (SSSR count). The molecule has 2 amide bonds. The van der Waals surface area contributed by atoms with Crippen LogP contribution in [0.3, 0.4) is 0 Å². The molecule has 2 N–H and O–H groups in total. The molecule has 18 heavy (non-hydrogen) atoms. The summed E-state index contributed by atoms with van der Waals surface area (Å²) in [5, 5.41) is 5.78. The van der Waals surface area contributed by atoms with E-state index in [0.29, 0.717) is 22.2 Å². The minimum atomic E-state index is -0.315. The van der Waals surface area contributed by atoms with Crippen LogP contribution in [0.5, 0.6) is 11.5 Å². The molecule has 0 saturated heterocycles. The number of hydrogen-bond acceptors (Lipinski definition) is 3. The summed E-state index contributed by atoms with van der Waals surface area (Å²) in [5.74, 6) is 0.971. The molecular formula is C12H17ClN2O3. The smallest absolute Gasteiger partial charge is 0.319 e.